The Morgan fingerprint density at radius 2 is 1.67 bits per heavy atom. The lowest BCUT2D eigenvalue weighted by Crippen LogP contribution is -2.38. The molecule has 0 heterocycles. The number of hydrogen-bond donors (Lipinski definition) is 2. The van der Waals surface area contributed by atoms with Crippen LogP contribution < -0.4 is 19.7 Å². The summed E-state index contributed by atoms with van der Waals surface area (Å²) in [5.41, 5.74) is 1.90. The zero-order valence-electron chi connectivity index (χ0n) is 18.5. The first-order valence-corrected chi connectivity index (χ1v) is 11.5. The SMILES string of the molecule is COc1ccc(NC(C)=O)cc1NC(=O)CN(c1ccccc1)S(=O)(=O)c1cccc(C)c1. The third kappa shape index (κ3) is 5.89. The minimum Gasteiger partial charge on any atom is -0.495 e. The molecule has 3 aromatic carbocycles. The summed E-state index contributed by atoms with van der Waals surface area (Å²) < 4.78 is 33.2. The van der Waals surface area contributed by atoms with Crippen molar-refractivity contribution >= 4 is 38.9 Å². The zero-order chi connectivity index (χ0) is 24.0. The first kappa shape index (κ1) is 23.8. The molecule has 0 unspecified atom stereocenters. The van der Waals surface area contributed by atoms with Gasteiger partial charge in [-0.15, -0.1) is 0 Å². The molecule has 3 rings (SSSR count). The molecule has 0 radical (unpaired) electrons. The molecule has 0 bridgehead atoms. The van der Waals surface area contributed by atoms with Crippen LogP contribution in [0.2, 0.25) is 0 Å². The number of ether oxygens (including phenoxy) is 1. The highest BCUT2D eigenvalue weighted by Gasteiger charge is 2.27. The van der Waals surface area contributed by atoms with Crippen LogP contribution in [0.5, 0.6) is 5.75 Å². The van der Waals surface area contributed by atoms with Crippen LogP contribution in [0.1, 0.15) is 12.5 Å². The summed E-state index contributed by atoms with van der Waals surface area (Å²) in [6, 6.07) is 19.7. The van der Waals surface area contributed by atoms with Crippen molar-refractivity contribution < 1.29 is 22.7 Å². The molecular weight excluding hydrogens is 442 g/mol. The van der Waals surface area contributed by atoms with Crippen LogP contribution in [0.15, 0.2) is 77.7 Å². The molecule has 8 nitrogen and oxygen atoms in total. The van der Waals surface area contributed by atoms with Gasteiger partial charge < -0.3 is 15.4 Å². The second-order valence-electron chi connectivity index (χ2n) is 7.31. The summed E-state index contributed by atoms with van der Waals surface area (Å²) in [5.74, 6) is -0.476. The molecule has 0 saturated carbocycles. The van der Waals surface area contributed by atoms with Gasteiger partial charge in [0.25, 0.3) is 10.0 Å². The second-order valence-corrected chi connectivity index (χ2v) is 9.17. The maximum atomic E-state index is 13.4. The first-order valence-electron chi connectivity index (χ1n) is 10.1. The molecule has 172 valence electrons. The summed E-state index contributed by atoms with van der Waals surface area (Å²) in [4.78, 5) is 24.4. The molecular formula is C24H25N3O5S. The highest BCUT2D eigenvalue weighted by atomic mass is 32.2. The lowest BCUT2D eigenvalue weighted by atomic mass is 10.2. The van der Waals surface area contributed by atoms with Crippen molar-refractivity contribution in [2.45, 2.75) is 18.7 Å². The molecule has 0 atom stereocenters. The number of nitrogens with one attached hydrogen (secondary N) is 2. The number of carbonyl (C=O) groups excluding carboxylic acids is 2. The highest BCUT2D eigenvalue weighted by Crippen LogP contribution is 2.29. The van der Waals surface area contributed by atoms with Crippen LogP contribution in [-0.2, 0) is 19.6 Å². The van der Waals surface area contributed by atoms with E-state index in [1.807, 2.05) is 0 Å². The van der Waals surface area contributed by atoms with Crippen LogP contribution in [0.3, 0.4) is 0 Å². The molecule has 2 N–H and O–H groups in total. The van der Waals surface area contributed by atoms with Crippen molar-refractivity contribution in [3.63, 3.8) is 0 Å². The van der Waals surface area contributed by atoms with Gasteiger partial charge in [0.2, 0.25) is 11.8 Å². The van der Waals surface area contributed by atoms with Gasteiger partial charge in [-0.1, -0.05) is 30.3 Å². The van der Waals surface area contributed by atoms with Gasteiger partial charge in [-0.25, -0.2) is 8.42 Å². The fourth-order valence-electron chi connectivity index (χ4n) is 3.22. The fourth-order valence-corrected chi connectivity index (χ4v) is 4.75. The predicted octanol–water partition coefficient (Wildman–Crippen LogP) is 3.80. The van der Waals surface area contributed by atoms with E-state index in [9.17, 15) is 18.0 Å². The van der Waals surface area contributed by atoms with E-state index in [4.69, 9.17) is 4.74 Å². The number of amides is 2. The fraction of sp³-hybridized carbons (Fsp3) is 0.167. The van der Waals surface area contributed by atoms with Crippen LogP contribution in [-0.4, -0.2) is 33.9 Å². The minimum absolute atomic E-state index is 0.0874. The van der Waals surface area contributed by atoms with E-state index in [2.05, 4.69) is 10.6 Å². The molecule has 0 aliphatic heterocycles. The van der Waals surface area contributed by atoms with Crippen molar-refractivity contribution in [3.8, 4) is 5.75 Å². The van der Waals surface area contributed by atoms with Crippen molar-refractivity contribution in [1.29, 1.82) is 0 Å². The van der Waals surface area contributed by atoms with Gasteiger partial charge in [0.15, 0.2) is 0 Å². The lowest BCUT2D eigenvalue weighted by molar-refractivity contribution is -0.115. The lowest BCUT2D eigenvalue weighted by Gasteiger charge is -2.24. The Morgan fingerprint density at radius 1 is 0.939 bits per heavy atom. The molecule has 3 aromatic rings. The van der Waals surface area contributed by atoms with Gasteiger partial charge in [0.05, 0.1) is 23.4 Å². The smallest absolute Gasteiger partial charge is 0.264 e. The largest absolute Gasteiger partial charge is 0.495 e. The minimum atomic E-state index is -4.02. The summed E-state index contributed by atoms with van der Waals surface area (Å²) in [6.07, 6.45) is 0. The molecule has 0 spiro atoms. The van der Waals surface area contributed by atoms with E-state index in [0.717, 1.165) is 9.87 Å². The summed E-state index contributed by atoms with van der Waals surface area (Å²) >= 11 is 0. The van der Waals surface area contributed by atoms with Gasteiger partial charge >= 0.3 is 0 Å². The summed E-state index contributed by atoms with van der Waals surface area (Å²) in [7, 11) is -2.57. The highest BCUT2D eigenvalue weighted by molar-refractivity contribution is 7.92. The number of para-hydroxylation sites is 1. The van der Waals surface area contributed by atoms with E-state index in [0.29, 0.717) is 22.8 Å². The predicted molar refractivity (Wildman–Crippen MR) is 128 cm³/mol. The number of anilines is 3. The molecule has 2 amide bonds. The Hall–Kier alpha value is -3.85. The zero-order valence-corrected chi connectivity index (χ0v) is 19.3. The maximum Gasteiger partial charge on any atom is 0.264 e. The molecule has 33 heavy (non-hydrogen) atoms. The normalized spacial score (nSPS) is 10.9. The Bertz CT molecular complexity index is 1260. The van der Waals surface area contributed by atoms with Crippen molar-refractivity contribution in [3.05, 3.63) is 78.4 Å². The Balaban J connectivity index is 1.93. The number of benzene rings is 3. The molecule has 0 aliphatic rings. The van der Waals surface area contributed by atoms with Gasteiger partial charge in [-0.05, 0) is 55.0 Å². The van der Waals surface area contributed by atoms with Crippen LogP contribution in [0.25, 0.3) is 0 Å². The molecule has 0 aromatic heterocycles. The van der Waals surface area contributed by atoms with E-state index >= 15 is 0 Å². The van der Waals surface area contributed by atoms with E-state index in [-0.39, 0.29) is 10.8 Å². The first-order chi connectivity index (χ1) is 15.7. The number of aryl methyl sites for hydroxylation is 1. The Kier molecular flexibility index (Phi) is 7.34. The Labute approximate surface area is 193 Å². The van der Waals surface area contributed by atoms with Gasteiger partial charge in [-0.3, -0.25) is 13.9 Å². The molecule has 0 aliphatic carbocycles. The van der Waals surface area contributed by atoms with Crippen molar-refractivity contribution in [1.82, 2.24) is 0 Å². The quantitative estimate of drug-likeness (QED) is 0.524. The number of hydrogen-bond acceptors (Lipinski definition) is 5. The average Bonchev–Trinajstić information content (AvgIpc) is 2.78. The maximum absolute atomic E-state index is 13.4. The number of rotatable bonds is 8. The van der Waals surface area contributed by atoms with Crippen molar-refractivity contribution in [2.75, 3.05) is 28.6 Å². The standard InChI is InChI=1S/C24H25N3O5S/c1-17-8-7-11-21(14-17)33(30,31)27(20-9-5-4-6-10-20)16-24(29)26-22-15-19(25-18(2)28)12-13-23(22)32-3/h4-15H,16H2,1-3H3,(H,25,28)(H,26,29). The second kappa shape index (κ2) is 10.2. The van der Waals surface area contributed by atoms with Gasteiger partial charge in [-0.2, -0.15) is 0 Å². The third-order valence-corrected chi connectivity index (χ3v) is 6.47. The molecule has 0 fully saturated rings. The molecule has 0 saturated heterocycles. The average molecular weight is 468 g/mol. The number of carbonyl (C=O) groups is 2. The van der Waals surface area contributed by atoms with Crippen LogP contribution in [0.4, 0.5) is 17.1 Å². The van der Waals surface area contributed by atoms with E-state index in [1.165, 1.54) is 20.1 Å². The van der Waals surface area contributed by atoms with Gasteiger partial charge in [0.1, 0.15) is 12.3 Å². The van der Waals surface area contributed by atoms with Crippen molar-refractivity contribution in [2.24, 2.45) is 0 Å². The van der Waals surface area contributed by atoms with Crippen LogP contribution in [0, 0.1) is 6.92 Å². The van der Waals surface area contributed by atoms with Gasteiger partial charge in [0, 0.05) is 12.6 Å². The number of nitrogens with zero attached hydrogens (tertiary/aromatic N) is 1. The molecule has 9 heteroatoms. The monoisotopic (exact) mass is 467 g/mol. The topological polar surface area (TPSA) is 105 Å². The summed E-state index contributed by atoms with van der Waals surface area (Å²) in [5, 5.41) is 5.32. The number of sulfonamides is 1. The third-order valence-electron chi connectivity index (χ3n) is 4.70. The van der Waals surface area contributed by atoms with E-state index < -0.39 is 22.5 Å². The Morgan fingerprint density at radius 3 is 2.30 bits per heavy atom. The van der Waals surface area contributed by atoms with Crippen LogP contribution >= 0.6 is 0 Å². The summed E-state index contributed by atoms with van der Waals surface area (Å²) in [6.45, 7) is 2.71. The van der Waals surface area contributed by atoms with E-state index in [1.54, 1.807) is 73.7 Å². The number of methoxy groups -OCH3 is 1.